The molecule has 0 N–H and O–H groups in total. The first-order valence-electron chi connectivity index (χ1n) is 4.50. The van der Waals surface area contributed by atoms with Crippen LogP contribution in [0.3, 0.4) is 0 Å². The molecule has 12 heavy (non-hydrogen) atoms. The highest BCUT2D eigenvalue weighted by molar-refractivity contribution is 5.71. The predicted molar refractivity (Wildman–Crippen MR) is 46.4 cm³/mol. The van der Waals surface area contributed by atoms with Gasteiger partial charge in [0.1, 0.15) is 0 Å². The molecule has 0 rings (SSSR count). The lowest BCUT2D eigenvalue weighted by molar-refractivity contribution is -0.259. The minimum Gasteiger partial charge on any atom is -0.298 e. The molecule has 1 atom stereocenters. The normalized spacial score (nSPS) is 12.6. The van der Waals surface area contributed by atoms with E-state index in [1.165, 1.54) is 7.11 Å². The van der Waals surface area contributed by atoms with Gasteiger partial charge in [-0.3, -0.25) is 4.89 Å². The molecule has 0 aromatic carbocycles. The van der Waals surface area contributed by atoms with Gasteiger partial charge in [-0.1, -0.05) is 26.7 Å². The molecule has 0 saturated heterocycles. The molecule has 0 fully saturated rings. The second-order valence-electron chi connectivity index (χ2n) is 2.82. The zero-order chi connectivity index (χ0) is 9.40. The van der Waals surface area contributed by atoms with Crippen molar-refractivity contribution in [1.29, 1.82) is 0 Å². The molecule has 0 aromatic heterocycles. The van der Waals surface area contributed by atoms with Crippen molar-refractivity contribution in [3.8, 4) is 0 Å². The van der Waals surface area contributed by atoms with Crippen LogP contribution in [0.25, 0.3) is 0 Å². The summed E-state index contributed by atoms with van der Waals surface area (Å²) in [6, 6.07) is 0. The van der Waals surface area contributed by atoms with Gasteiger partial charge in [-0.15, -0.1) is 0 Å². The Morgan fingerprint density at radius 1 is 1.42 bits per heavy atom. The third-order valence-electron chi connectivity index (χ3n) is 1.90. The molecule has 0 radical (unpaired) electrons. The summed E-state index contributed by atoms with van der Waals surface area (Å²) >= 11 is 0. The molecule has 0 aliphatic heterocycles. The highest BCUT2D eigenvalue weighted by atomic mass is 17.2. The number of hydrogen-bond donors (Lipinski definition) is 0. The summed E-state index contributed by atoms with van der Waals surface area (Å²) < 4.78 is 0. The van der Waals surface area contributed by atoms with Crippen LogP contribution in [-0.2, 0) is 14.6 Å². The van der Waals surface area contributed by atoms with Crippen molar-refractivity contribution in [3.63, 3.8) is 0 Å². The van der Waals surface area contributed by atoms with E-state index in [-0.39, 0.29) is 11.9 Å². The van der Waals surface area contributed by atoms with Gasteiger partial charge in [-0.2, -0.15) is 4.89 Å². The number of carbonyl (C=O) groups is 1. The maximum absolute atomic E-state index is 11.1. The number of hydrogen-bond acceptors (Lipinski definition) is 3. The largest absolute Gasteiger partial charge is 0.345 e. The number of carbonyl (C=O) groups excluding carboxylic acids is 1. The van der Waals surface area contributed by atoms with Gasteiger partial charge < -0.3 is 0 Å². The second kappa shape index (κ2) is 7.10. The van der Waals surface area contributed by atoms with E-state index in [1.807, 2.05) is 6.92 Å². The first-order valence-corrected chi connectivity index (χ1v) is 4.50. The summed E-state index contributed by atoms with van der Waals surface area (Å²) in [6.45, 7) is 4.09. The van der Waals surface area contributed by atoms with Crippen molar-refractivity contribution < 1.29 is 14.6 Å². The average Bonchev–Trinajstić information content (AvgIpc) is 2.06. The summed E-state index contributed by atoms with van der Waals surface area (Å²) in [7, 11) is 1.35. The summed E-state index contributed by atoms with van der Waals surface area (Å²) in [6.07, 6.45) is 3.89. The van der Waals surface area contributed by atoms with E-state index in [4.69, 9.17) is 0 Å². The Hall–Kier alpha value is -0.570. The van der Waals surface area contributed by atoms with Crippen LogP contribution < -0.4 is 0 Å². The third-order valence-corrected chi connectivity index (χ3v) is 1.90. The smallest absolute Gasteiger partial charge is 0.298 e. The van der Waals surface area contributed by atoms with E-state index in [1.54, 1.807) is 0 Å². The predicted octanol–water partition coefficient (Wildman–Crippen LogP) is 2.31. The molecule has 0 spiro atoms. The first-order chi connectivity index (χ1) is 5.76. The van der Waals surface area contributed by atoms with Crippen LogP contribution in [0.15, 0.2) is 0 Å². The minimum absolute atomic E-state index is 0.00454. The van der Waals surface area contributed by atoms with Gasteiger partial charge in [0.25, 0.3) is 0 Å². The Kier molecular flexibility index (Phi) is 6.76. The first kappa shape index (κ1) is 11.4. The molecular formula is C9H18O3. The van der Waals surface area contributed by atoms with Crippen molar-refractivity contribution >= 4 is 5.97 Å². The fourth-order valence-electron chi connectivity index (χ4n) is 1.09. The van der Waals surface area contributed by atoms with Crippen LogP contribution in [0.2, 0.25) is 0 Å². The van der Waals surface area contributed by atoms with Crippen LogP contribution in [0, 0.1) is 5.92 Å². The molecule has 0 saturated carbocycles. The standard InChI is InChI=1S/C9H18O3/c1-4-6-7-8(5-2)9(10)12-11-3/h8H,4-7H2,1-3H3. The highest BCUT2D eigenvalue weighted by Crippen LogP contribution is 2.13. The van der Waals surface area contributed by atoms with Gasteiger partial charge in [0.15, 0.2) is 0 Å². The lowest BCUT2D eigenvalue weighted by Gasteiger charge is -2.10. The van der Waals surface area contributed by atoms with Gasteiger partial charge in [0, 0.05) is 0 Å². The molecule has 0 aliphatic carbocycles. The lowest BCUT2D eigenvalue weighted by atomic mass is 10.00. The summed E-state index contributed by atoms with van der Waals surface area (Å²) in [4.78, 5) is 19.9. The third kappa shape index (κ3) is 4.34. The number of unbranched alkanes of at least 4 members (excludes halogenated alkanes) is 1. The Morgan fingerprint density at radius 2 is 2.08 bits per heavy atom. The van der Waals surface area contributed by atoms with Crippen molar-refractivity contribution in [2.24, 2.45) is 5.92 Å². The van der Waals surface area contributed by atoms with Crippen LogP contribution in [0.1, 0.15) is 39.5 Å². The monoisotopic (exact) mass is 174 g/mol. The van der Waals surface area contributed by atoms with E-state index in [0.717, 1.165) is 25.7 Å². The molecule has 72 valence electrons. The maximum Gasteiger partial charge on any atom is 0.345 e. The molecule has 1 unspecified atom stereocenters. The Morgan fingerprint density at radius 3 is 2.50 bits per heavy atom. The summed E-state index contributed by atoms with van der Waals surface area (Å²) in [5, 5.41) is 0. The topological polar surface area (TPSA) is 35.5 Å². The SMILES string of the molecule is CCCCC(CC)C(=O)OOC. The van der Waals surface area contributed by atoms with Gasteiger partial charge >= 0.3 is 5.97 Å². The van der Waals surface area contributed by atoms with Crippen LogP contribution >= 0.6 is 0 Å². The second-order valence-corrected chi connectivity index (χ2v) is 2.82. The Bertz CT molecular complexity index is 123. The minimum atomic E-state index is -0.242. The van der Waals surface area contributed by atoms with Gasteiger partial charge in [0.05, 0.1) is 13.0 Å². The fraction of sp³-hybridized carbons (Fsp3) is 0.889. The van der Waals surface area contributed by atoms with Gasteiger partial charge in [-0.25, -0.2) is 4.79 Å². The maximum atomic E-state index is 11.1. The molecule has 3 heteroatoms. The van der Waals surface area contributed by atoms with E-state index in [2.05, 4.69) is 16.7 Å². The zero-order valence-corrected chi connectivity index (χ0v) is 8.13. The molecule has 3 nitrogen and oxygen atoms in total. The zero-order valence-electron chi connectivity index (χ0n) is 8.13. The summed E-state index contributed by atoms with van der Waals surface area (Å²) in [5.41, 5.74) is 0. The van der Waals surface area contributed by atoms with Crippen molar-refractivity contribution in [3.05, 3.63) is 0 Å². The van der Waals surface area contributed by atoms with Crippen LogP contribution in [0.4, 0.5) is 0 Å². The van der Waals surface area contributed by atoms with E-state index >= 15 is 0 Å². The molecule has 0 bridgehead atoms. The molecular weight excluding hydrogens is 156 g/mol. The quantitative estimate of drug-likeness (QED) is 0.458. The molecule has 0 aliphatic rings. The van der Waals surface area contributed by atoms with E-state index < -0.39 is 0 Å². The van der Waals surface area contributed by atoms with Crippen molar-refractivity contribution in [2.75, 3.05) is 7.11 Å². The molecule has 0 heterocycles. The fourth-order valence-corrected chi connectivity index (χ4v) is 1.09. The van der Waals surface area contributed by atoms with Crippen LogP contribution in [-0.4, -0.2) is 13.1 Å². The van der Waals surface area contributed by atoms with Gasteiger partial charge in [0.2, 0.25) is 0 Å². The molecule has 0 amide bonds. The van der Waals surface area contributed by atoms with Crippen molar-refractivity contribution in [2.45, 2.75) is 39.5 Å². The Balaban J connectivity index is 3.71. The lowest BCUT2D eigenvalue weighted by Crippen LogP contribution is -2.16. The Labute approximate surface area is 74.0 Å². The van der Waals surface area contributed by atoms with Crippen LogP contribution in [0.5, 0.6) is 0 Å². The van der Waals surface area contributed by atoms with Gasteiger partial charge in [-0.05, 0) is 12.8 Å². The van der Waals surface area contributed by atoms with E-state index in [9.17, 15) is 4.79 Å². The highest BCUT2D eigenvalue weighted by Gasteiger charge is 2.17. The average molecular weight is 174 g/mol. The molecule has 0 aromatic rings. The number of rotatable bonds is 6. The van der Waals surface area contributed by atoms with E-state index in [0.29, 0.717) is 0 Å². The van der Waals surface area contributed by atoms with Crippen molar-refractivity contribution in [1.82, 2.24) is 0 Å². The summed E-state index contributed by atoms with van der Waals surface area (Å²) in [5.74, 6) is -0.238.